The minimum absolute atomic E-state index is 0.189. The van der Waals surface area contributed by atoms with Gasteiger partial charge in [0.15, 0.2) is 0 Å². The van der Waals surface area contributed by atoms with Crippen molar-refractivity contribution in [2.24, 2.45) is 5.92 Å². The summed E-state index contributed by atoms with van der Waals surface area (Å²) in [6, 6.07) is 2.60. The normalized spacial score (nSPS) is 26.6. The topological polar surface area (TPSA) is 49.4 Å². The van der Waals surface area contributed by atoms with Crippen molar-refractivity contribution in [3.8, 4) is 0 Å². The van der Waals surface area contributed by atoms with E-state index in [-0.39, 0.29) is 28.4 Å². The third-order valence-corrected chi connectivity index (χ3v) is 4.15. The fourth-order valence-corrected chi connectivity index (χ4v) is 2.75. The number of amides is 2. The molecule has 1 aliphatic heterocycles. The molecule has 20 heavy (non-hydrogen) atoms. The van der Waals surface area contributed by atoms with Gasteiger partial charge in [0, 0.05) is 0 Å². The minimum atomic E-state index is -0.697. The van der Waals surface area contributed by atoms with Crippen LogP contribution in [0.3, 0.4) is 0 Å². The van der Waals surface area contributed by atoms with Gasteiger partial charge >= 0.3 is 0 Å². The number of hydrogen-bond acceptors (Lipinski definition) is 2. The first-order chi connectivity index (χ1) is 9.49. The van der Waals surface area contributed by atoms with E-state index in [0.29, 0.717) is 0 Å². The molecule has 2 unspecified atom stereocenters. The summed E-state index contributed by atoms with van der Waals surface area (Å²) >= 11 is 6.06. The Balaban J connectivity index is 2.01. The molecule has 106 valence electrons. The van der Waals surface area contributed by atoms with Gasteiger partial charge in [-0.2, -0.15) is 0 Å². The average Bonchev–Trinajstić information content (AvgIpc) is 3.22. The van der Waals surface area contributed by atoms with Crippen molar-refractivity contribution in [1.82, 2.24) is 5.32 Å². The number of nitrogens with zero attached hydrogens (tertiary/aromatic N) is 1. The van der Waals surface area contributed by atoms with Crippen molar-refractivity contribution in [1.29, 1.82) is 0 Å². The molecule has 4 nitrogen and oxygen atoms in total. The summed E-state index contributed by atoms with van der Waals surface area (Å²) in [5.74, 6) is -0.749. The highest BCUT2D eigenvalue weighted by Crippen LogP contribution is 2.37. The maximum Gasteiger partial charge on any atom is 0.250 e. The van der Waals surface area contributed by atoms with Crippen LogP contribution in [0.2, 0.25) is 5.02 Å². The highest BCUT2D eigenvalue weighted by molar-refractivity contribution is 6.34. The van der Waals surface area contributed by atoms with Crippen LogP contribution in [0.25, 0.3) is 0 Å². The molecule has 2 amide bonds. The summed E-state index contributed by atoms with van der Waals surface area (Å²) in [5, 5.41) is 3.00. The van der Waals surface area contributed by atoms with E-state index in [1.54, 1.807) is 6.92 Å². The molecule has 3 rings (SSSR count). The molecule has 1 saturated heterocycles. The number of nitrogens with one attached hydrogen (secondary N) is 1. The second kappa shape index (κ2) is 4.74. The summed E-state index contributed by atoms with van der Waals surface area (Å²) in [4.78, 5) is 25.9. The first-order valence-corrected chi connectivity index (χ1v) is 6.95. The van der Waals surface area contributed by atoms with Crippen LogP contribution in [0.15, 0.2) is 18.2 Å². The first kappa shape index (κ1) is 13.4. The lowest BCUT2D eigenvalue weighted by Crippen LogP contribution is -2.63. The van der Waals surface area contributed by atoms with E-state index < -0.39 is 17.9 Å². The molecular weight excluding hydrogens is 283 g/mol. The molecule has 1 heterocycles. The third kappa shape index (κ3) is 2.16. The van der Waals surface area contributed by atoms with Crippen molar-refractivity contribution in [3.05, 3.63) is 29.0 Å². The Morgan fingerprint density at radius 2 is 2.05 bits per heavy atom. The average molecular weight is 297 g/mol. The molecule has 0 bridgehead atoms. The molecule has 1 aliphatic carbocycles. The van der Waals surface area contributed by atoms with Crippen molar-refractivity contribution >= 4 is 29.1 Å². The number of halogens is 2. The lowest BCUT2D eigenvalue weighted by molar-refractivity contribution is -0.133. The predicted molar refractivity (Wildman–Crippen MR) is 73.0 cm³/mol. The number of piperazine rings is 1. The Hall–Kier alpha value is -1.62. The summed E-state index contributed by atoms with van der Waals surface area (Å²) in [5.41, 5.74) is 0.254. The lowest BCUT2D eigenvalue weighted by atomic mass is 10.0. The molecule has 2 aliphatic rings. The highest BCUT2D eigenvalue weighted by Gasteiger charge is 2.46. The van der Waals surface area contributed by atoms with Gasteiger partial charge in [-0.25, -0.2) is 4.39 Å². The van der Waals surface area contributed by atoms with Gasteiger partial charge in [0.05, 0.1) is 10.7 Å². The molecule has 1 aromatic carbocycles. The fourth-order valence-electron chi connectivity index (χ4n) is 2.54. The number of rotatable bonds is 2. The van der Waals surface area contributed by atoms with Crippen molar-refractivity contribution < 1.29 is 14.0 Å². The van der Waals surface area contributed by atoms with Crippen LogP contribution < -0.4 is 10.2 Å². The first-order valence-electron chi connectivity index (χ1n) is 6.57. The summed E-state index contributed by atoms with van der Waals surface area (Å²) < 4.78 is 13.4. The Morgan fingerprint density at radius 1 is 1.35 bits per heavy atom. The van der Waals surface area contributed by atoms with Gasteiger partial charge in [0.2, 0.25) is 5.91 Å². The van der Waals surface area contributed by atoms with E-state index >= 15 is 0 Å². The van der Waals surface area contributed by atoms with Crippen LogP contribution in [0, 0.1) is 11.7 Å². The van der Waals surface area contributed by atoms with Gasteiger partial charge in [-0.3, -0.25) is 14.5 Å². The van der Waals surface area contributed by atoms with E-state index in [2.05, 4.69) is 5.32 Å². The van der Waals surface area contributed by atoms with Gasteiger partial charge < -0.3 is 5.32 Å². The fraction of sp³-hybridized carbons (Fsp3) is 0.429. The summed E-state index contributed by atoms with van der Waals surface area (Å²) in [6.07, 6.45) is 1.85. The maximum atomic E-state index is 13.4. The second-order valence-corrected chi connectivity index (χ2v) is 5.71. The Kier molecular flexibility index (Phi) is 3.17. The molecule has 0 radical (unpaired) electrons. The van der Waals surface area contributed by atoms with Crippen LogP contribution in [0.5, 0.6) is 0 Å². The molecular formula is C14H14ClFN2O2. The number of anilines is 1. The zero-order valence-corrected chi connectivity index (χ0v) is 11.7. The standard InChI is InChI=1S/C14H14ClFN2O2/c1-7-13(19)17-12(8-2-3-8)14(20)18(7)11-6-9(16)4-5-10(11)15/h4-8,12H,2-3H2,1H3,(H,17,19). The minimum Gasteiger partial charge on any atom is -0.342 e. The lowest BCUT2D eigenvalue weighted by Gasteiger charge is -2.37. The molecule has 2 fully saturated rings. The van der Waals surface area contributed by atoms with Crippen LogP contribution in [-0.2, 0) is 9.59 Å². The number of hydrogen-bond donors (Lipinski definition) is 1. The van der Waals surface area contributed by atoms with Crippen molar-refractivity contribution in [2.45, 2.75) is 31.8 Å². The summed E-state index contributed by atoms with van der Waals surface area (Å²) in [7, 11) is 0. The maximum absolute atomic E-state index is 13.4. The number of carbonyl (C=O) groups excluding carboxylic acids is 2. The molecule has 0 aromatic heterocycles. The predicted octanol–water partition coefficient (Wildman–Crippen LogP) is 2.11. The Labute approximate surface area is 120 Å². The largest absolute Gasteiger partial charge is 0.342 e. The Bertz CT molecular complexity index is 589. The highest BCUT2D eigenvalue weighted by atomic mass is 35.5. The number of carbonyl (C=O) groups is 2. The quantitative estimate of drug-likeness (QED) is 0.909. The smallest absolute Gasteiger partial charge is 0.250 e. The second-order valence-electron chi connectivity index (χ2n) is 5.30. The zero-order valence-electron chi connectivity index (χ0n) is 10.9. The van der Waals surface area contributed by atoms with E-state index in [9.17, 15) is 14.0 Å². The van der Waals surface area contributed by atoms with Gasteiger partial charge in [-0.15, -0.1) is 0 Å². The van der Waals surface area contributed by atoms with E-state index in [0.717, 1.165) is 12.8 Å². The van der Waals surface area contributed by atoms with Crippen LogP contribution in [0.4, 0.5) is 10.1 Å². The van der Waals surface area contributed by atoms with Crippen LogP contribution >= 0.6 is 11.6 Å². The van der Waals surface area contributed by atoms with Gasteiger partial charge in [0.25, 0.3) is 5.91 Å². The molecule has 1 saturated carbocycles. The number of benzene rings is 1. The van der Waals surface area contributed by atoms with Crippen molar-refractivity contribution in [3.63, 3.8) is 0 Å². The third-order valence-electron chi connectivity index (χ3n) is 3.83. The monoisotopic (exact) mass is 296 g/mol. The zero-order chi connectivity index (χ0) is 14.4. The SMILES string of the molecule is CC1C(=O)NC(C2CC2)C(=O)N1c1cc(F)ccc1Cl. The molecule has 0 spiro atoms. The van der Waals surface area contributed by atoms with Gasteiger partial charge in [0.1, 0.15) is 17.9 Å². The molecule has 1 N–H and O–H groups in total. The molecule has 6 heteroatoms. The van der Waals surface area contributed by atoms with Crippen LogP contribution in [0.1, 0.15) is 19.8 Å². The van der Waals surface area contributed by atoms with Gasteiger partial charge in [-0.05, 0) is 43.9 Å². The summed E-state index contributed by atoms with van der Waals surface area (Å²) in [6.45, 7) is 1.61. The van der Waals surface area contributed by atoms with E-state index in [4.69, 9.17) is 11.6 Å². The van der Waals surface area contributed by atoms with E-state index in [1.807, 2.05) is 0 Å². The van der Waals surface area contributed by atoms with E-state index in [1.165, 1.54) is 23.1 Å². The molecule has 2 atom stereocenters. The van der Waals surface area contributed by atoms with Crippen LogP contribution in [-0.4, -0.2) is 23.9 Å². The molecule has 1 aromatic rings. The Morgan fingerprint density at radius 3 is 2.70 bits per heavy atom. The van der Waals surface area contributed by atoms with Crippen molar-refractivity contribution in [2.75, 3.05) is 4.90 Å². The van der Waals surface area contributed by atoms with Gasteiger partial charge in [-0.1, -0.05) is 11.6 Å².